The molecule has 2 aromatic carbocycles. The summed E-state index contributed by atoms with van der Waals surface area (Å²) in [6.45, 7) is 0. The van der Waals surface area contributed by atoms with E-state index in [-0.39, 0.29) is 16.3 Å². The van der Waals surface area contributed by atoms with Crippen LogP contribution in [0.2, 0.25) is 5.02 Å². The van der Waals surface area contributed by atoms with Gasteiger partial charge in [0.2, 0.25) is 0 Å². The van der Waals surface area contributed by atoms with Gasteiger partial charge in [0.15, 0.2) is 0 Å². The number of halogens is 4. The number of hydrogen-bond acceptors (Lipinski definition) is 1. The lowest BCUT2D eigenvalue weighted by atomic mass is 10.2. The van der Waals surface area contributed by atoms with Crippen molar-refractivity contribution in [2.75, 3.05) is 5.32 Å². The van der Waals surface area contributed by atoms with Crippen LogP contribution in [0.4, 0.5) is 14.5 Å². The second-order valence-electron chi connectivity index (χ2n) is 3.67. The molecule has 1 N–H and O–H groups in total. The summed E-state index contributed by atoms with van der Waals surface area (Å²) in [6, 6.07) is 7.72. The van der Waals surface area contributed by atoms with Crippen molar-refractivity contribution in [2.45, 2.75) is 0 Å². The molecule has 0 saturated heterocycles. The highest BCUT2D eigenvalue weighted by Crippen LogP contribution is 2.25. The molecule has 0 bridgehead atoms. The predicted octanol–water partition coefficient (Wildman–Crippen LogP) is 4.63. The van der Waals surface area contributed by atoms with E-state index >= 15 is 0 Å². The van der Waals surface area contributed by atoms with Crippen molar-refractivity contribution in [3.05, 3.63) is 63.1 Å². The summed E-state index contributed by atoms with van der Waals surface area (Å²) < 4.78 is 26.8. The maximum absolute atomic E-state index is 13.6. The van der Waals surface area contributed by atoms with Gasteiger partial charge in [-0.25, -0.2) is 8.78 Å². The molecule has 1 amide bonds. The van der Waals surface area contributed by atoms with Crippen LogP contribution in [0.25, 0.3) is 0 Å². The zero-order chi connectivity index (χ0) is 14.0. The van der Waals surface area contributed by atoms with Gasteiger partial charge in [-0.2, -0.15) is 0 Å². The summed E-state index contributed by atoms with van der Waals surface area (Å²) in [4.78, 5) is 12.0. The van der Waals surface area contributed by atoms with Crippen molar-refractivity contribution in [2.24, 2.45) is 0 Å². The Labute approximate surface area is 121 Å². The third kappa shape index (κ3) is 3.11. The minimum Gasteiger partial charge on any atom is -0.321 e. The lowest BCUT2D eigenvalue weighted by molar-refractivity contribution is 0.102. The Bertz CT molecular complexity index is 628. The quantitative estimate of drug-likeness (QED) is 0.844. The monoisotopic (exact) mass is 345 g/mol. The number of carbonyl (C=O) groups excluding carboxylic acids is 1. The van der Waals surface area contributed by atoms with Crippen molar-refractivity contribution >= 4 is 39.1 Å². The average Bonchev–Trinajstić information content (AvgIpc) is 2.32. The standard InChI is InChI=1S/C13H7BrClF2NO/c14-8-2-1-3-10(17)12(8)13(19)18-11-5-4-7(16)6-9(11)15/h1-6H,(H,18,19). The van der Waals surface area contributed by atoms with Gasteiger partial charge in [0.1, 0.15) is 11.6 Å². The Morgan fingerprint density at radius 2 is 1.95 bits per heavy atom. The summed E-state index contributed by atoms with van der Waals surface area (Å²) in [5.41, 5.74) is 0.0751. The van der Waals surface area contributed by atoms with E-state index in [0.29, 0.717) is 4.47 Å². The molecule has 2 aromatic rings. The van der Waals surface area contributed by atoms with Gasteiger partial charge in [-0.1, -0.05) is 17.7 Å². The maximum Gasteiger partial charge on any atom is 0.259 e. The normalized spacial score (nSPS) is 10.3. The lowest BCUT2D eigenvalue weighted by Gasteiger charge is -2.09. The second kappa shape index (κ2) is 5.67. The summed E-state index contributed by atoms with van der Waals surface area (Å²) in [6.07, 6.45) is 0. The van der Waals surface area contributed by atoms with Gasteiger partial charge in [-0.15, -0.1) is 0 Å². The highest BCUT2D eigenvalue weighted by molar-refractivity contribution is 9.10. The molecule has 19 heavy (non-hydrogen) atoms. The van der Waals surface area contributed by atoms with E-state index in [0.717, 1.165) is 12.1 Å². The highest BCUT2D eigenvalue weighted by atomic mass is 79.9. The van der Waals surface area contributed by atoms with Crippen LogP contribution < -0.4 is 5.32 Å². The fourth-order valence-corrected chi connectivity index (χ4v) is 2.23. The van der Waals surface area contributed by atoms with E-state index in [9.17, 15) is 13.6 Å². The third-order valence-electron chi connectivity index (χ3n) is 2.37. The number of anilines is 1. The fourth-order valence-electron chi connectivity index (χ4n) is 1.49. The van der Waals surface area contributed by atoms with Crippen molar-refractivity contribution in [3.8, 4) is 0 Å². The summed E-state index contributed by atoms with van der Waals surface area (Å²) >= 11 is 8.88. The summed E-state index contributed by atoms with van der Waals surface area (Å²) in [5, 5.41) is 2.47. The van der Waals surface area contributed by atoms with Gasteiger partial charge >= 0.3 is 0 Å². The molecule has 0 aliphatic heterocycles. The lowest BCUT2D eigenvalue weighted by Crippen LogP contribution is -2.14. The summed E-state index contributed by atoms with van der Waals surface area (Å²) in [7, 11) is 0. The molecule has 6 heteroatoms. The number of amides is 1. The van der Waals surface area contributed by atoms with Crippen molar-refractivity contribution in [3.63, 3.8) is 0 Å². The first-order valence-corrected chi connectivity index (χ1v) is 6.36. The zero-order valence-corrected chi connectivity index (χ0v) is 11.7. The van der Waals surface area contributed by atoms with E-state index in [2.05, 4.69) is 21.2 Å². The molecular weight excluding hydrogens is 340 g/mol. The number of carbonyl (C=O) groups is 1. The number of nitrogens with one attached hydrogen (secondary N) is 1. The predicted molar refractivity (Wildman–Crippen MR) is 73.5 cm³/mol. The average molecular weight is 347 g/mol. The fraction of sp³-hybridized carbons (Fsp3) is 0. The van der Waals surface area contributed by atoms with Crippen LogP contribution in [-0.4, -0.2) is 5.91 Å². The maximum atomic E-state index is 13.6. The minimum absolute atomic E-state index is 0.0424. The van der Waals surface area contributed by atoms with Gasteiger partial charge in [0.05, 0.1) is 16.3 Å². The number of hydrogen-bond donors (Lipinski definition) is 1. The molecule has 0 spiro atoms. The molecule has 2 nitrogen and oxygen atoms in total. The van der Waals surface area contributed by atoms with Gasteiger partial charge in [0, 0.05) is 4.47 Å². The molecule has 0 atom stereocenters. The molecule has 0 aliphatic rings. The zero-order valence-electron chi connectivity index (χ0n) is 9.38. The molecule has 0 radical (unpaired) electrons. The van der Waals surface area contributed by atoms with Crippen molar-refractivity contribution in [1.29, 1.82) is 0 Å². The first kappa shape index (κ1) is 14.0. The van der Waals surface area contributed by atoms with Crippen LogP contribution >= 0.6 is 27.5 Å². The van der Waals surface area contributed by atoms with Crippen molar-refractivity contribution in [1.82, 2.24) is 0 Å². The number of rotatable bonds is 2. The van der Waals surface area contributed by atoms with E-state index in [4.69, 9.17) is 11.6 Å². The Morgan fingerprint density at radius 1 is 1.21 bits per heavy atom. The van der Waals surface area contributed by atoms with Crippen LogP contribution in [0.5, 0.6) is 0 Å². The van der Waals surface area contributed by atoms with E-state index < -0.39 is 17.5 Å². The van der Waals surface area contributed by atoms with Gasteiger partial charge < -0.3 is 5.32 Å². The molecule has 2 rings (SSSR count). The second-order valence-corrected chi connectivity index (χ2v) is 4.94. The minimum atomic E-state index is -0.668. The molecule has 0 unspecified atom stereocenters. The topological polar surface area (TPSA) is 29.1 Å². The Hall–Kier alpha value is -1.46. The van der Waals surface area contributed by atoms with Gasteiger partial charge in [-0.05, 0) is 46.3 Å². The Morgan fingerprint density at radius 3 is 2.58 bits per heavy atom. The number of benzene rings is 2. The Balaban J connectivity index is 2.31. The summed E-state index contributed by atoms with van der Waals surface area (Å²) in [5.74, 6) is -1.85. The third-order valence-corrected chi connectivity index (χ3v) is 3.34. The first-order chi connectivity index (χ1) is 8.99. The van der Waals surface area contributed by atoms with Crippen molar-refractivity contribution < 1.29 is 13.6 Å². The highest BCUT2D eigenvalue weighted by Gasteiger charge is 2.16. The molecule has 98 valence electrons. The molecular formula is C13H7BrClF2NO. The SMILES string of the molecule is O=C(Nc1ccc(F)cc1Cl)c1c(F)cccc1Br. The largest absolute Gasteiger partial charge is 0.321 e. The van der Waals surface area contributed by atoms with Gasteiger partial charge in [-0.3, -0.25) is 4.79 Å². The molecule has 0 aromatic heterocycles. The van der Waals surface area contributed by atoms with Crippen LogP contribution in [0.15, 0.2) is 40.9 Å². The molecule has 0 saturated carbocycles. The molecule has 0 heterocycles. The van der Waals surface area contributed by atoms with E-state index in [1.807, 2.05) is 0 Å². The van der Waals surface area contributed by atoms with Crippen LogP contribution in [-0.2, 0) is 0 Å². The van der Waals surface area contributed by atoms with Crippen LogP contribution in [0, 0.1) is 11.6 Å². The molecule has 0 fully saturated rings. The first-order valence-electron chi connectivity index (χ1n) is 5.19. The van der Waals surface area contributed by atoms with Crippen LogP contribution in [0.1, 0.15) is 10.4 Å². The van der Waals surface area contributed by atoms with E-state index in [1.165, 1.54) is 18.2 Å². The van der Waals surface area contributed by atoms with Gasteiger partial charge in [0.25, 0.3) is 5.91 Å². The molecule has 0 aliphatic carbocycles. The van der Waals surface area contributed by atoms with Crippen LogP contribution in [0.3, 0.4) is 0 Å². The smallest absolute Gasteiger partial charge is 0.259 e. The van der Waals surface area contributed by atoms with E-state index in [1.54, 1.807) is 6.07 Å². The Kier molecular flexibility index (Phi) is 4.17.